The number of hydrogen-bond donors (Lipinski definition) is 0. The first-order chi connectivity index (χ1) is 21.5. The zero-order valence-electron chi connectivity index (χ0n) is 30.2. The summed E-state index contributed by atoms with van der Waals surface area (Å²) in [6.07, 6.45) is 16.9. The lowest BCUT2D eigenvalue weighted by molar-refractivity contribution is -0.351. The van der Waals surface area contributed by atoms with Crippen LogP contribution in [0.15, 0.2) is 48.1 Å². The van der Waals surface area contributed by atoms with Crippen molar-refractivity contribution in [3.8, 4) is 0 Å². The Labute approximate surface area is 279 Å². The molecule has 0 amide bonds. The Morgan fingerprint density at radius 1 is 0.826 bits per heavy atom. The molecule has 252 valence electrons. The first kappa shape index (κ1) is 32.6. The molecule has 10 atom stereocenters. The summed E-state index contributed by atoms with van der Waals surface area (Å²) in [5.41, 5.74) is 3.52. The molecule has 6 aliphatic rings. The predicted octanol–water partition coefficient (Wildman–Crippen LogP) is 10.2. The van der Waals surface area contributed by atoms with Crippen LogP contribution in [0.1, 0.15) is 126 Å². The fraction of sp³-hybridized carbons (Fsp3) is 0.738. The molecule has 46 heavy (non-hydrogen) atoms. The van der Waals surface area contributed by atoms with Crippen molar-refractivity contribution in [2.45, 2.75) is 138 Å². The second-order valence-electron chi connectivity index (χ2n) is 18.9. The van der Waals surface area contributed by atoms with E-state index < -0.39 is 5.79 Å². The first-order valence-corrected chi connectivity index (χ1v) is 18.4. The summed E-state index contributed by atoms with van der Waals surface area (Å²) in [4.78, 5) is 13.3. The van der Waals surface area contributed by atoms with Gasteiger partial charge in [-0.2, -0.15) is 0 Å². The second kappa shape index (κ2) is 10.5. The lowest BCUT2D eigenvalue weighted by atomic mass is 9.33. The van der Waals surface area contributed by atoms with Gasteiger partial charge in [0.05, 0.1) is 12.7 Å². The van der Waals surface area contributed by atoms with Crippen LogP contribution in [0.2, 0.25) is 0 Å². The first-order valence-electron chi connectivity index (χ1n) is 18.4. The Bertz CT molecular complexity index is 1420. The minimum atomic E-state index is -0.482. The Hall–Kier alpha value is -1.91. The summed E-state index contributed by atoms with van der Waals surface area (Å²) in [6, 6.07) is 10.0. The van der Waals surface area contributed by atoms with E-state index in [1.807, 2.05) is 36.4 Å². The molecule has 5 aliphatic carbocycles. The van der Waals surface area contributed by atoms with E-state index in [9.17, 15) is 4.79 Å². The van der Waals surface area contributed by atoms with Crippen molar-refractivity contribution in [1.29, 1.82) is 0 Å². The van der Waals surface area contributed by atoms with Gasteiger partial charge < -0.3 is 14.2 Å². The maximum absolute atomic E-state index is 13.3. The number of rotatable bonds is 3. The third-order valence-electron chi connectivity index (χ3n) is 15.5. The van der Waals surface area contributed by atoms with Crippen molar-refractivity contribution in [3.05, 3.63) is 53.6 Å². The van der Waals surface area contributed by atoms with Gasteiger partial charge >= 0.3 is 5.97 Å². The zero-order valence-corrected chi connectivity index (χ0v) is 30.2. The SMILES string of the molecule is CC1(C)C[C@@H]2C3=CC[C@@H]4[C@@]5(C)CCC6OC(C)(C)OC[C@@]6(C)C5CC[C@@]4(C)[C@]3(C)CC[C@@]2(C)[C@H](OC(=O)C=Cc2ccccc2)C1. The average Bonchev–Trinajstić information content (AvgIpc) is 2.98. The standard InChI is InChI=1S/C42H60O4/c1-36(2)25-30-29-16-17-32-39(6)21-20-33-40(7,27-44-37(3,4)46-33)31(39)19-22-42(32,9)41(29,8)24-23-38(30,5)34(26-36)45-35(43)18-15-28-13-11-10-12-14-28/h10-16,18,30-34H,17,19-27H2,1-9H3/t30-,31?,32-,33?,34-,38-,39+,40+,41-,42-/m1/s1. The summed E-state index contributed by atoms with van der Waals surface area (Å²) >= 11 is 0. The van der Waals surface area contributed by atoms with E-state index in [-0.39, 0.29) is 50.7 Å². The topological polar surface area (TPSA) is 44.8 Å². The van der Waals surface area contributed by atoms with Crippen LogP contribution in [-0.2, 0) is 19.0 Å². The normalized spacial score (nSPS) is 47.3. The molecule has 0 aromatic heterocycles. The third kappa shape index (κ3) is 4.77. The average molecular weight is 629 g/mol. The van der Waals surface area contributed by atoms with Crippen LogP contribution >= 0.6 is 0 Å². The van der Waals surface area contributed by atoms with Crippen molar-refractivity contribution < 1.29 is 19.0 Å². The number of carbonyl (C=O) groups excluding carboxylic acids is 1. The number of fused-ring (bicyclic) bond motifs is 9. The largest absolute Gasteiger partial charge is 0.459 e. The van der Waals surface area contributed by atoms with E-state index in [2.05, 4.69) is 68.4 Å². The van der Waals surface area contributed by atoms with Crippen LogP contribution in [0, 0.1) is 50.2 Å². The monoisotopic (exact) mass is 628 g/mol. The highest BCUT2D eigenvalue weighted by Gasteiger charge is 2.70. The maximum Gasteiger partial charge on any atom is 0.331 e. The summed E-state index contributed by atoms with van der Waals surface area (Å²) in [6.45, 7) is 22.7. The van der Waals surface area contributed by atoms with Crippen LogP contribution in [0.3, 0.4) is 0 Å². The lowest BCUT2D eigenvalue weighted by Crippen LogP contribution is -2.68. The zero-order chi connectivity index (χ0) is 33.0. The number of hydrogen-bond acceptors (Lipinski definition) is 4. The predicted molar refractivity (Wildman–Crippen MR) is 185 cm³/mol. The summed E-state index contributed by atoms with van der Waals surface area (Å²) < 4.78 is 19.5. The Morgan fingerprint density at radius 3 is 2.30 bits per heavy atom. The highest BCUT2D eigenvalue weighted by Crippen LogP contribution is 2.76. The molecule has 1 saturated heterocycles. The molecule has 4 heteroatoms. The molecular weight excluding hydrogens is 568 g/mol. The minimum absolute atomic E-state index is 0.0451. The maximum atomic E-state index is 13.3. The van der Waals surface area contributed by atoms with E-state index >= 15 is 0 Å². The quantitative estimate of drug-likeness (QED) is 0.190. The van der Waals surface area contributed by atoms with Gasteiger partial charge in [-0.15, -0.1) is 0 Å². The Morgan fingerprint density at radius 2 is 1.57 bits per heavy atom. The molecule has 5 fully saturated rings. The van der Waals surface area contributed by atoms with Gasteiger partial charge in [0.2, 0.25) is 0 Å². The van der Waals surface area contributed by atoms with Crippen molar-refractivity contribution in [2.75, 3.05) is 6.61 Å². The fourth-order valence-corrected chi connectivity index (χ4v) is 12.6. The number of carbonyl (C=O) groups is 1. The van der Waals surface area contributed by atoms with Crippen LogP contribution in [-0.4, -0.2) is 30.6 Å². The van der Waals surface area contributed by atoms with Crippen LogP contribution < -0.4 is 0 Å². The van der Waals surface area contributed by atoms with E-state index in [4.69, 9.17) is 14.2 Å². The molecule has 4 saturated carbocycles. The van der Waals surface area contributed by atoms with Crippen LogP contribution in [0.4, 0.5) is 0 Å². The van der Waals surface area contributed by atoms with Gasteiger partial charge in [-0.25, -0.2) is 4.79 Å². The summed E-state index contributed by atoms with van der Waals surface area (Å²) in [7, 11) is 0. The number of benzene rings is 1. The van der Waals surface area contributed by atoms with Gasteiger partial charge in [-0.3, -0.25) is 0 Å². The minimum Gasteiger partial charge on any atom is -0.459 e. The van der Waals surface area contributed by atoms with Crippen molar-refractivity contribution in [2.24, 2.45) is 50.2 Å². The van der Waals surface area contributed by atoms with Crippen molar-refractivity contribution >= 4 is 12.0 Å². The third-order valence-corrected chi connectivity index (χ3v) is 15.5. The molecule has 4 nitrogen and oxygen atoms in total. The Kier molecular flexibility index (Phi) is 7.48. The summed E-state index contributed by atoms with van der Waals surface area (Å²) in [5, 5.41) is 0. The molecular formula is C42H60O4. The highest BCUT2D eigenvalue weighted by atomic mass is 16.7. The molecule has 0 spiro atoms. The van der Waals surface area contributed by atoms with Gasteiger partial charge in [-0.1, -0.05) is 90.4 Å². The molecule has 1 aromatic rings. The van der Waals surface area contributed by atoms with E-state index in [0.29, 0.717) is 17.8 Å². The smallest absolute Gasteiger partial charge is 0.331 e. The number of esters is 1. The molecule has 0 radical (unpaired) electrons. The Balaban J connectivity index is 1.18. The van der Waals surface area contributed by atoms with Gasteiger partial charge in [-0.05, 0) is 123 Å². The van der Waals surface area contributed by atoms with Gasteiger partial charge in [0.25, 0.3) is 0 Å². The van der Waals surface area contributed by atoms with Crippen molar-refractivity contribution in [1.82, 2.24) is 0 Å². The number of ether oxygens (including phenoxy) is 3. The fourth-order valence-electron chi connectivity index (χ4n) is 12.6. The van der Waals surface area contributed by atoms with Crippen molar-refractivity contribution in [3.63, 3.8) is 0 Å². The molecule has 1 aliphatic heterocycles. The molecule has 0 bridgehead atoms. The second-order valence-corrected chi connectivity index (χ2v) is 18.9. The van der Waals surface area contributed by atoms with Gasteiger partial charge in [0.15, 0.2) is 5.79 Å². The summed E-state index contributed by atoms with van der Waals surface area (Å²) in [5.74, 6) is 1.01. The van der Waals surface area contributed by atoms with E-state index in [1.54, 1.807) is 11.6 Å². The van der Waals surface area contributed by atoms with E-state index in [0.717, 1.165) is 31.4 Å². The van der Waals surface area contributed by atoms with Crippen LogP contribution in [0.5, 0.6) is 0 Å². The van der Waals surface area contributed by atoms with Gasteiger partial charge in [0, 0.05) is 16.9 Å². The molecule has 2 unspecified atom stereocenters. The number of allylic oxidation sites excluding steroid dienone is 2. The molecule has 0 N–H and O–H groups in total. The van der Waals surface area contributed by atoms with Gasteiger partial charge in [0.1, 0.15) is 6.10 Å². The van der Waals surface area contributed by atoms with Crippen LogP contribution in [0.25, 0.3) is 6.08 Å². The molecule has 1 heterocycles. The molecule has 7 rings (SSSR count). The molecule has 1 aromatic carbocycles. The lowest BCUT2D eigenvalue weighted by Gasteiger charge is -2.72. The highest BCUT2D eigenvalue weighted by molar-refractivity contribution is 5.87. The van der Waals surface area contributed by atoms with E-state index in [1.165, 1.54) is 38.5 Å².